The first-order valence-electron chi connectivity index (χ1n) is 7.75. The molecule has 3 rings (SSSR count). The second kappa shape index (κ2) is 7.90. The molecule has 0 bridgehead atoms. The van der Waals surface area contributed by atoms with E-state index in [1.807, 2.05) is 0 Å². The minimum Gasteiger partial charge on any atom is -0.477 e. The van der Waals surface area contributed by atoms with Crippen molar-refractivity contribution in [3.05, 3.63) is 22.8 Å². The summed E-state index contributed by atoms with van der Waals surface area (Å²) in [4.78, 5) is 45.1. The number of amides is 2. The summed E-state index contributed by atoms with van der Waals surface area (Å²) in [7, 11) is 0. The fourth-order valence-electron chi connectivity index (χ4n) is 2.52. The summed E-state index contributed by atoms with van der Waals surface area (Å²) < 4.78 is 36.9. The van der Waals surface area contributed by atoms with E-state index >= 15 is 0 Å². The predicted molar refractivity (Wildman–Crippen MR) is 95.8 cm³/mol. The first kappa shape index (κ1) is 20.9. The number of anilines is 1. The number of aromatic nitrogens is 1. The van der Waals surface area contributed by atoms with Gasteiger partial charge in [-0.15, -0.1) is 23.1 Å². The highest BCUT2D eigenvalue weighted by molar-refractivity contribution is 8.00. The van der Waals surface area contributed by atoms with Crippen LogP contribution in [0.5, 0.6) is 0 Å². The van der Waals surface area contributed by atoms with E-state index in [0.29, 0.717) is 5.75 Å². The van der Waals surface area contributed by atoms with E-state index in [-0.39, 0.29) is 16.5 Å². The van der Waals surface area contributed by atoms with Gasteiger partial charge in [0, 0.05) is 11.1 Å². The number of carboxylic acid groups (broad SMARTS) is 1. The maximum atomic E-state index is 12.6. The summed E-state index contributed by atoms with van der Waals surface area (Å²) >= 11 is 2.14. The lowest BCUT2D eigenvalue weighted by Crippen LogP contribution is -2.70. The number of carbonyl (C=O) groups excluding carboxylic acids is 2. The number of carbonyl (C=O) groups is 3. The average Bonchev–Trinajstić information content (AvgIpc) is 3.07. The Morgan fingerprint density at radius 3 is 2.79 bits per heavy atom. The Labute approximate surface area is 168 Å². The number of nitrogens with one attached hydrogen (secondary N) is 1. The Hall–Kier alpha value is -2.81. The molecule has 1 saturated heterocycles. The van der Waals surface area contributed by atoms with Gasteiger partial charge in [0.1, 0.15) is 22.8 Å². The van der Waals surface area contributed by atoms with Gasteiger partial charge in [-0.1, -0.05) is 5.16 Å². The number of hydrogen-bond acceptors (Lipinski definition) is 9. The van der Waals surface area contributed by atoms with E-state index in [9.17, 15) is 27.6 Å². The SMILES string of the molecule is Nc1nc(C(=NOCC(F)(F)F)C(=O)NC2C(=O)N3C(C(=O)O)=CCS[C@H]23)cs1. The van der Waals surface area contributed by atoms with Crippen LogP contribution in [0.4, 0.5) is 18.3 Å². The van der Waals surface area contributed by atoms with Crippen molar-refractivity contribution in [3.63, 3.8) is 0 Å². The molecule has 0 aliphatic carbocycles. The highest BCUT2D eigenvalue weighted by atomic mass is 32.2. The summed E-state index contributed by atoms with van der Waals surface area (Å²) in [5, 5.41) is 15.4. The van der Waals surface area contributed by atoms with Gasteiger partial charge in [0.2, 0.25) is 6.61 Å². The van der Waals surface area contributed by atoms with Crippen molar-refractivity contribution in [2.75, 3.05) is 18.1 Å². The third-order valence-corrected chi connectivity index (χ3v) is 5.57. The Kier molecular flexibility index (Phi) is 5.70. The van der Waals surface area contributed by atoms with E-state index < -0.39 is 47.7 Å². The number of fused-ring (bicyclic) bond motifs is 1. The predicted octanol–water partition coefficient (Wildman–Crippen LogP) is 0.377. The molecule has 15 heteroatoms. The minimum atomic E-state index is -4.67. The van der Waals surface area contributed by atoms with Gasteiger partial charge in [0.15, 0.2) is 10.8 Å². The van der Waals surface area contributed by atoms with Crippen molar-refractivity contribution in [2.24, 2.45) is 5.16 Å². The summed E-state index contributed by atoms with van der Waals surface area (Å²) in [5.74, 6) is -2.66. The number of halogens is 3. The third-order valence-electron chi connectivity index (χ3n) is 3.72. The maximum absolute atomic E-state index is 12.6. The van der Waals surface area contributed by atoms with Gasteiger partial charge in [0.25, 0.3) is 11.8 Å². The maximum Gasteiger partial charge on any atom is 0.425 e. The van der Waals surface area contributed by atoms with Crippen LogP contribution in [0.1, 0.15) is 5.69 Å². The molecule has 1 fully saturated rings. The Morgan fingerprint density at radius 1 is 1.48 bits per heavy atom. The molecular formula is C14H12F3N5O5S2. The molecule has 156 valence electrons. The molecule has 0 radical (unpaired) electrons. The summed E-state index contributed by atoms with van der Waals surface area (Å²) in [6.45, 7) is -1.73. The molecule has 3 heterocycles. The molecule has 2 amide bonds. The van der Waals surface area contributed by atoms with Crippen LogP contribution in [0.3, 0.4) is 0 Å². The molecule has 10 nitrogen and oxygen atoms in total. The number of alkyl halides is 3. The molecule has 2 atom stereocenters. The topological polar surface area (TPSA) is 147 Å². The van der Waals surface area contributed by atoms with E-state index in [0.717, 1.165) is 16.2 Å². The van der Waals surface area contributed by atoms with E-state index in [2.05, 4.69) is 20.3 Å². The largest absolute Gasteiger partial charge is 0.477 e. The monoisotopic (exact) mass is 451 g/mol. The Morgan fingerprint density at radius 2 is 2.21 bits per heavy atom. The lowest BCUT2D eigenvalue weighted by molar-refractivity contribution is -0.174. The number of rotatable bonds is 6. The number of hydrogen-bond donors (Lipinski definition) is 3. The number of β-lactam (4-membered cyclic amide) rings is 1. The highest BCUT2D eigenvalue weighted by Crippen LogP contribution is 2.37. The zero-order chi connectivity index (χ0) is 21.3. The zero-order valence-corrected chi connectivity index (χ0v) is 15.8. The number of nitrogens with two attached hydrogens (primary N) is 1. The summed E-state index contributed by atoms with van der Waals surface area (Å²) in [6.07, 6.45) is -3.30. The number of aliphatic carboxylic acids is 1. The van der Waals surface area contributed by atoms with Crippen LogP contribution in [-0.4, -0.2) is 68.4 Å². The van der Waals surface area contributed by atoms with Gasteiger partial charge in [0.05, 0.1) is 0 Å². The number of nitrogen functional groups attached to an aromatic ring is 1. The van der Waals surface area contributed by atoms with E-state index in [1.54, 1.807) is 0 Å². The van der Waals surface area contributed by atoms with Gasteiger partial charge >= 0.3 is 12.1 Å². The lowest BCUT2D eigenvalue weighted by Gasteiger charge is -2.48. The van der Waals surface area contributed by atoms with Crippen molar-refractivity contribution in [1.82, 2.24) is 15.2 Å². The molecule has 1 aromatic heterocycles. The minimum absolute atomic E-state index is 0.0429. The number of thiazole rings is 1. The molecule has 2 aliphatic heterocycles. The number of carboxylic acids is 1. The van der Waals surface area contributed by atoms with Gasteiger partial charge in [-0.25, -0.2) is 9.78 Å². The molecular weight excluding hydrogens is 439 g/mol. The van der Waals surface area contributed by atoms with Crippen molar-refractivity contribution < 1.29 is 37.5 Å². The third kappa shape index (κ3) is 4.45. The van der Waals surface area contributed by atoms with Gasteiger partial charge in [-0.2, -0.15) is 13.2 Å². The van der Waals surface area contributed by atoms with Gasteiger partial charge in [-0.3, -0.25) is 14.5 Å². The lowest BCUT2D eigenvalue weighted by atomic mass is 10.0. The van der Waals surface area contributed by atoms with Crippen LogP contribution in [0.15, 0.2) is 22.3 Å². The van der Waals surface area contributed by atoms with Crippen LogP contribution in [-0.2, 0) is 19.2 Å². The molecule has 2 aliphatic rings. The van der Waals surface area contributed by atoms with Gasteiger partial charge in [-0.05, 0) is 6.08 Å². The standard InChI is InChI=1S/C14H12F3N5O5S2/c15-14(16,17)4-27-21-7(5-3-29-13(18)19-5)9(23)20-8-10(24)22-6(12(25)26)1-2-28-11(8)22/h1,3,8,11H,2,4H2,(H2,18,19)(H,20,23)(H,25,26)/t8?,11-/m1/s1. The van der Waals surface area contributed by atoms with Crippen LogP contribution in [0, 0.1) is 0 Å². The normalized spacial score (nSPS) is 21.8. The van der Waals surface area contributed by atoms with Crippen LogP contribution in [0.25, 0.3) is 0 Å². The number of thioether (sulfide) groups is 1. The fourth-order valence-corrected chi connectivity index (χ4v) is 4.26. The average molecular weight is 451 g/mol. The smallest absolute Gasteiger partial charge is 0.425 e. The first-order chi connectivity index (χ1) is 13.6. The Balaban J connectivity index is 1.75. The molecule has 29 heavy (non-hydrogen) atoms. The molecule has 0 spiro atoms. The van der Waals surface area contributed by atoms with Crippen molar-refractivity contribution in [1.29, 1.82) is 0 Å². The van der Waals surface area contributed by atoms with Crippen LogP contribution >= 0.6 is 23.1 Å². The molecule has 0 saturated carbocycles. The second-order valence-corrected chi connectivity index (χ2v) is 7.72. The summed E-state index contributed by atoms with van der Waals surface area (Å²) in [5.41, 5.74) is 4.56. The fraction of sp³-hybridized carbons (Fsp3) is 0.357. The second-order valence-electron chi connectivity index (χ2n) is 5.68. The first-order valence-corrected chi connectivity index (χ1v) is 9.68. The number of nitrogens with zero attached hydrogens (tertiary/aromatic N) is 3. The molecule has 1 aromatic rings. The van der Waals surface area contributed by atoms with Crippen LogP contribution in [0.2, 0.25) is 0 Å². The van der Waals surface area contributed by atoms with E-state index in [1.165, 1.54) is 23.2 Å². The van der Waals surface area contributed by atoms with E-state index in [4.69, 9.17) is 10.8 Å². The van der Waals surface area contributed by atoms with Crippen molar-refractivity contribution in [3.8, 4) is 0 Å². The highest BCUT2D eigenvalue weighted by Gasteiger charge is 2.53. The Bertz CT molecular complexity index is 916. The molecule has 4 N–H and O–H groups in total. The van der Waals surface area contributed by atoms with Gasteiger partial charge < -0.3 is 21.0 Å². The zero-order valence-electron chi connectivity index (χ0n) is 14.2. The molecule has 0 aromatic carbocycles. The number of oxime groups is 1. The van der Waals surface area contributed by atoms with Crippen LogP contribution < -0.4 is 11.1 Å². The van der Waals surface area contributed by atoms with Crippen molar-refractivity contribution >= 4 is 51.7 Å². The summed E-state index contributed by atoms with van der Waals surface area (Å²) in [6, 6.07) is -1.08. The quantitative estimate of drug-likeness (QED) is 0.319. The molecule has 1 unspecified atom stereocenters. The van der Waals surface area contributed by atoms with Crippen molar-refractivity contribution in [2.45, 2.75) is 17.6 Å².